The van der Waals surface area contributed by atoms with Crippen molar-refractivity contribution in [2.75, 3.05) is 13.2 Å². The average molecular weight is 1340 g/mol. The summed E-state index contributed by atoms with van der Waals surface area (Å²) in [7, 11) is 5.09. The van der Waals surface area contributed by atoms with Crippen LogP contribution in [0, 0.1) is 53.5 Å². The van der Waals surface area contributed by atoms with Gasteiger partial charge in [0.15, 0.2) is 13.2 Å². The molecule has 0 saturated heterocycles. The van der Waals surface area contributed by atoms with E-state index in [1.807, 2.05) is 26.0 Å². The molecule has 0 spiro atoms. The fourth-order valence-electron chi connectivity index (χ4n) is 14.5. The molecule has 97 heavy (non-hydrogen) atoms. The van der Waals surface area contributed by atoms with E-state index in [9.17, 15) is 10.2 Å². The van der Waals surface area contributed by atoms with Crippen LogP contribution in [0.2, 0.25) is 39.3 Å². The molecule has 0 fully saturated rings. The second kappa shape index (κ2) is 24.3. The SMILES string of the molecule is [CH2-][O+](CCC[O+]([CH2-])c1c(C)cc(F)cc1-c1cc(C(C)(C)C)cc(-n2c3cc(C(C)(C)C)cc([Si](C)(C)C)c3c3c([Si](C)(C)C)cc(C(C)(C)C)cc32)c1O)c1c(C)cc(F)cc1-c1cc(C(C)(C)C)cc(-n2c3cc(C(C)(C)C)cc(C)c3c3c(C)cc(C(C)(C)C)cc32)c1O. The largest absolute Gasteiger partial charge is 0.711 e. The standard InChI is InChI=1S/C87H112F2N2O4Si2/c1-50-34-54(82(5,6)7)40-66-74(50)75-51(2)35-55(83(8,9)10)41-67(75)90(66)70-44-56(84(11,12)13)38-62(78(70)92)64-48-60(88)36-52(3)80(64)94(23)32-31-33-95(24)81-53(4)37-61(89)49-65(81)63-39-57(85(14,15)16)45-71(79(63)93)91-68-42-58(86(17,18)19)46-72(96(25,26)27)76(68)77-69(91)43-59(87(20,21)22)47-73(77)97(28,29)30/h34-49,92-93H,23-24,31-33H2,1-22,25-30H3. The molecule has 10 heteroatoms. The first-order valence-electron chi connectivity index (χ1n) is 35.0. The molecular weight excluding hydrogens is 1230 g/mol. The van der Waals surface area contributed by atoms with Crippen molar-refractivity contribution in [2.45, 2.75) is 231 Å². The summed E-state index contributed by atoms with van der Waals surface area (Å²) in [5.74, 6) is 0.426. The number of aromatic hydroxyl groups is 2. The minimum atomic E-state index is -2.06. The van der Waals surface area contributed by atoms with Crippen molar-refractivity contribution in [1.29, 1.82) is 0 Å². The smallest absolute Gasteiger partial charge is 0.237 e. The van der Waals surface area contributed by atoms with E-state index in [2.05, 4.69) is 271 Å². The van der Waals surface area contributed by atoms with Crippen molar-refractivity contribution < 1.29 is 27.7 Å². The molecule has 0 unspecified atom stereocenters. The Morgan fingerprint density at radius 3 is 0.897 bits per heavy atom. The topological polar surface area (TPSA) is 55.7 Å². The summed E-state index contributed by atoms with van der Waals surface area (Å²) >= 11 is 0. The van der Waals surface area contributed by atoms with Gasteiger partial charge in [-0.05, 0) is 202 Å². The fourth-order valence-corrected chi connectivity index (χ4v) is 17.6. The predicted molar refractivity (Wildman–Crippen MR) is 419 cm³/mol. The van der Waals surface area contributed by atoms with E-state index in [1.54, 1.807) is 0 Å². The van der Waals surface area contributed by atoms with E-state index in [-0.39, 0.29) is 38.6 Å². The molecule has 0 atom stereocenters. The zero-order valence-corrected chi connectivity index (χ0v) is 66.1. The van der Waals surface area contributed by atoms with E-state index >= 15 is 8.78 Å². The van der Waals surface area contributed by atoms with Crippen LogP contribution in [0.15, 0.2) is 97.1 Å². The Kier molecular flexibility index (Phi) is 18.2. The lowest BCUT2D eigenvalue weighted by Gasteiger charge is -2.34. The number of aromatic nitrogens is 2. The summed E-state index contributed by atoms with van der Waals surface area (Å²) in [5, 5.41) is 34.5. The van der Waals surface area contributed by atoms with E-state index in [0.717, 1.165) is 55.1 Å². The Hall–Kier alpha value is -7.15. The number of phenolic OH excluding ortho intramolecular Hbond substituents is 2. The summed E-state index contributed by atoms with van der Waals surface area (Å²) in [6, 6.07) is 33.3. The molecule has 0 saturated carbocycles. The van der Waals surface area contributed by atoms with E-state index < -0.39 is 33.2 Å². The van der Waals surface area contributed by atoms with Crippen LogP contribution in [-0.2, 0) is 41.2 Å². The number of hydrogen-bond donors (Lipinski definition) is 2. The number of rotatable bonds is 12. The molecule has 0 aliphatic heterocycles. The van der Waals surface area contributed by atoms with Crippen molar-refractivity contribution in [3.8, 4) is 56.6 Å². The maximum absolute atomic E-state index is 16.5. The Labute approximate surface area is 582 Å². The molecule has 516 valence electrons. The van der Waals surface area contributed by atoms with Gasteiger partial charge in [0.05, 0.1) is 60.7 Å². The van der Waals surface area contributed by atoms with Gasteiger partial charge in [0, 0.05) is 43.8 Å². The number of halogens is 2. The zero-order valence-electron chi connectivity index (χ0n) is 64.1. The van der Waals surface area contributed by atoms with Crippen molar-refractivity contribution in [3.05, 3.63) is 179 Å². The van der Waals surface area contributed by atoms with Crippen LogP contribution in [-0.4, -0.2) is 48.7 Å². The molecule has 2 N–H and O–H groups in total. The normalized spacial score (nSPS) is 13.4. The first kappa shape index (κ1) is 72.6. The molecule has 0 radical (unpaired) electrons. The molecule has 8 aromatic carbocycles. The Morgan fingerprint density at radius 1 is 0.351 bits per heavy atom. The van der Waals surface area contributed by atoms with Gasteiger partial charge in [0.1, 0.15) is 29.6 Å². The quantitative estimate of drug-likeness (QED) is 0.0728. The number of hydrogen-bond acceptors (Lipinski definition) is 2. The van der Waals surface area contributed by atoms with Crippen LogP contribution in [0.4, 0.5) is 8.78 Å². The molecule has 10 rings (SSSR count). The summed E-state index contributed by atoms with van der Waals surface area (Å²) in [5.41, 5.74) is 16.3. The van der Waals surface area contributed by atoms with Crippen molar-refractivity contribution >= 4 is 70.1 Å². The lowest BCUT2D eigenvalue weighted by molar-refractivity contribution is -0.0170. The van der Waals surface area contributed by atoms with Crippen molar-refractivity contribution in [3.63, 3.8) is 0 Å². The molecule has 2 aromatic heterocycles. The van der Waals surface area contributed by atoms with Crippen LogP contribution < -0.4 is 10.4 Å². The molecule has 0 aliphatic rings. The van der Waals surface area contributed by atoms with Crippen LogP contribution in [0.1, 0.15) is 187 Å². The maximum atomic E-state index is 16.5. The lowest BCUT2D eigenvalue weighted by atomic mass is 9.84. The first-order valence-corrected chi connectivity index (χ1v) is 42.0. The van der Waals surface area contributed by atoms with E-state index in [4.69, 9.17) is 0 Å². The van der Waals surface area contributed by atoms with Gasteiger partial charge >= 0.3 is 0 Å². The van der Waals surface area contributed by atoms with Gasteiger partial charge < -0.3 is 28.1 Å². The van der Waals surface area contributed by atoms with Gasteiger partial charge in [-0.25, -0.2) is 8.78 Å². The molecule has 0 bridgehead atoms. The van der Waals surface area contributed by atoms with Crippen molar-refractivity contribution in [1.82, 2.24) is 9.13 Å². The number of aryl methyl sites for hydroxylation is 4. The monoisotopic (exact) mass is 1340 g/mol. The summed E-state index contributed by atoms with van der Waals surface area (Å²) in [6.07, 6.45) is 0.464. The number of benzene rings is 8. The summed E-state index contributed by atoms with van der Waals surface area (Å²) in [6.45, 7) is 63.7. The lowest BCUT2D eigenvalue weighted by Crippen LogP contribution is -2.41. The highest BCUT2D eigenvalue weighted by molar-refractivity contribution is 6.93. The molecule has 10 aromatic rings. The van der Waals surface area contributed by atoms with E-state index in [1.165, 1.54) is 67.7 Å². The highest BCUT2D eigenvalue weighted by Crippen LogP contribution is 2.52. The second-order valence-electron chi connectivity index (χ2n) is 36.6. The Bertz CT molecular complexity index is 4640. The number of phenols is 2. The molecular formula is C87H112F2N2O4Si2. The van der Waals surface area contributed by atoms with Gasteiger partial charge in [-0.15, -0.1) is 0 Å². The zero-order chi connectivity index (χ0) is 72.2. The Morgan fingerprint density at radius 2 is 0.619 bits per heavy atom. The van der Waals surface area contributed by atoms with Crippen molar-refractivity contribution in [2.24, 2.45) is 0 Å². The molecule has 6 nitrogen and oxygen atoms in total. The number of nitrogens with zero attached hydrogens (tertiary/aromatic N) is 2. The highest BCUT2D eigenvalue weighted by atomic mass is 28.3. The molecule has 0 amide bonds. The van der Waals surface area contributed by atoms with Gasteiger partial charge in [-0.3, -0.25) is 0 Å². The highest BCUT2D eigenvalue weighted by Gasteiger charge is 2.36. The average Bonchev–Trinajstić information content (AvgIpc) is 1.57. The summed E-state index contributed by atoms with van der Waals surface area (Å²) in [4.78, 5) is 0. The van der Waals surface area contributed by atoms with Crippen LogP contribution in [0.3, 0.4) is 0 Å². The van der Waals surface area contributed by atoms with Gasteiger partial charge in [-0.2, -0.15) is 0 Å². The van der Waals surface area contributed by atoms with E-state index in [0.29, 0.717) is 75.9 Å². The third-order valence-corrected chi connectivity index (χ3v) is 24.2. The maximum Gasteiger partial charge on any atom is 0.237 e. The molecule has 0 aliphatic carbocycles. The Balaban J connectivity index is 1.12. The summed E-state index contributed by atoms with van der Waals surface area (Å²) < 4.78 is 43.6. The minimum absolute atomic E-state index is 0.0283. The third-order valence-electron chi connectivity index (χ3n) is 20.2. The van der Waals surface area contributed by atoms with Gasteiger partial charge in [0.25, 0.3) is 0 Å². The third kappa shape index (κ3) is 13.5. The van der Waals surface area contributed by atoms with Gasteiger partial charge in [-0.1, -0.05) is 188 Å². The first-order chi connectivity index (χ1) is 44.3. The fraction of sp³-hybridized carbons (Fsp3) is 0.425. The number of fused-ring (bicyclic) bond motifs is 6. The van der Waals surface area contributed by atoms with Crippen LogP contribution in [0.5, 0.6) is 23.0 Å². The van der Waals surface area contributed by atoms with Gasteiger partial charge in [0.2, 0.25) is 11.5 Å². The second-order valence-corrected chi connectivity index (χ2v) is 46.7. The molecule has 2 heterocycles. The predicted octanol–water partition coefficient (Wildman–Crippen LogP) is 24.2. The van der Waals surface area contributed by atoms with Crippen LogP contribution >= 0.6 is 0 Å². The minimum Gasteiger partial charge on any atom is -0.711 e. The van der Waals surface area contributed by atoms with Crippen LogP contribution in [0.25, 0.3) is 77.2 Å².